The number of aryl methyl sites for hydroxylation is 1. The number of nitrogens with zero attached hydrogens (tertiary/aromatic N) is 4. The number of fused-ring (bicyclic) bond motifs is 1. The maximum absolute atomic E-state index is 14.9. The van der Waals surface area contributed by atoms with Gasteiger partial charge in [-0.15, -0.1) is 0 Å². The summed E-state index contributed by atoms with van der Waals surface area (Å²) in [6, 6.07) is 5.98. The van der Waals surface area contributed by atoms with Gasteiger partial charge in [-0.25, -0.2) is 33.1 Å². The van der Waals surface area contributed by atoms with E-state index in [4.69, 9.17) is 15.1 Å². The first kappa shape index (κ1) is 32.1. The average molecular weight is 592 g/mol. The molecule has 0 saturated heterocycles. The van der Waals surface area contributed by atoms with Crippen LogP contribution in [0.5, 0.6) is 0 Å². The van der Waals surface area contributed by atoms with Crippen LogP contribution in [0.3, 0.4) is 0 Å². The smallest absolute Gasteiger partial charge is 0.475 e. The van der Waals surface area contributed by atoms with Crippen molar-refractivity contribution in [3.8, 4) is 11.1 Å². The van der Waals surface area contributed by atoms with Crippen LogP contribution >= 0.6 is 0 Å². The number of sulfone groups is 1. The summed E-state index contributed by atoms with van der Waals surface area (Å²) in [6.45, 7) is 0.951. The Morgan fingerprint density at radius 2 is 1.75 bits per heavy atom. The zero-order valence-electron chi connectivity index (χ0n) is 21.5. The molecule has 12 nitrogen and oxygen atoms in total. The molecular formula is C23H25F4N5O7S. The molecule has 218 valence electrons. The first-order valence-corrected chi connectivity index (χ1v) is 13.0. The molecule has 0 radical (unpaired) electrons. The summed E-state index contributed by atoms with van der Waals surface area (Å²) in [6.07, 6.45) is -1.80. The Kier molecular flexibility index (Phi) is 9.59. The summed E-state index contributed by atoms with van der Waals surface area (Å²) < 4.78 is 70.0. The number of aromatic nitrogens is 3. The summed E-state index contributed by atoms with van der Waals surface area (Å²) in [7, 11) is -0.258. The highest BCUT2D eigenvalue weighted by atomic mass is 32.2. The SMILES string of the molecule is CN(C)c1ccc(-c2cc3ncn(CCC(C)(C(=O)NO)S(C)(=O)=O)c(=O)c3cc2F)cn1.O=C(O)C(F)(F)F. The Morgan fingerprint density at radius 3 is 2.20 bits per heavy atom. The molecule has 1 unspecified atom stereocenters. The number of benzene rings is 1. The number of halogens is 4. The molecule has 0 saturated carbocycles. The molecule has 2 aromatic heterocycles. The Bertz CT molecular complexity index is 1580. The van der Waals surface area contributed by atoms with E-state index in [0.717, 1.165) is 23.8 Å². The van der Waals surface area contributed by atoms with Crippen LogP contribution in [-0.4, -0.2) is 76.4 Å². The van der Waals surface area contributed by atoms with Crippen molar-refractivity contribution in [1.29, 1.82) is 0 Å². The Balaban J connectivity index is 0.000000708. The van der Waals surface area contributed by atoms with E-state index in [-0.39, 0.29) is 29.4 Å². The molecule has 1 atom stereocenters. The van der Waals surface area contributed by atoms with E-state index in [9.17, 15) is 35.6 Å². The monoisotopic (exact) mass is 591 g/mol. The van der Waals surface area contributed by atoms with Gasteiger partial charge in [0.05, 0.1) is 17.2 Å². The molecule has 3 rings (SSSR count). The lowest BCUT2D eigenvalue weighted by molar-refractivity contribution is -0.192. The van der Waals surface area contributed by atoms with Crippen molar-refractivity contribution >= 4 is 38.4 Å². The topological polar surface area (TPSA) is 172 Å². The minimum Gasteiger partial charge on any atom is -0.475 e. The lowest BCUT2D eigenvalue weighted by Gasteiger charge is -2.25. The summed E-state index contributed by atoms with van der Waals surface area (Å²) in [5.41, 5.74) is 1.76. The highest BCUT2D eigenvalue weighted by molar-refractivity contribution is 7.92. The van der Waals surface area contributed by atoms with Crippen LogP contribution in [0, 0.1) is 5.82 Å². The van der Waals surface area contributed by atoms with E-state index < -0.39 is 44.0 Å². The van der Waals surface area contributed by atoms with Crippen molar-refractivity contribution < 1.29 is 45.9 Å². The first-order chi connectivity index (χ1) is 18.3. The van der Waals surface area contributed by atoms with Gasteiger partial charge in [-0.2, -0.15) is 13.2 Å². The van der Waals surface area contributed by atoms with Crippen LogP contribution in [-0.2, 0) is 26.0 Å². The third-order valence-corrected chi connectivity index (χ3v) is 7.93. The molecule has 40 heavy (non-hydrogen) atoms. The van der Waals surface area contributed by atoms with E-state index >= 15 is 0 Å². The maximum Gasteiger partial charge on any atom is 0.490 e. The van der Waals surface area contributed by atoms with Gasteiger partial charge < -0.3 is 10.0 Å². The maximum atomic E-state index is 14.9. The number of hydrogen-bond acceptors (Lipinski definition) is 9. The van der Waals surface area contributed by atoms with E-state index in [0.29, 0.717) is 11.4 Å². The molecule has 2 heterocycles. The fourth-order valence-corrected chi connectivity index (χ4v) is 4.13. The van der Waals surface area contributed by atoms with E-state index in [2.05, 4.69) is 9.97 Å². The molecular weight excluding hydrogens is 566 g/mol. The number of rotatable bonds is 7. The van der Waals surface area contributed by atoms with Gasteiger partial charge in [0.15, 0.2) is 14.6 Å². The van der Waals surface area contributed by atoms with E-state index in [1.807, 2.05) is 19.0 Å². The molecule has 3 N–H and O–H groups in total. The number of hydroxylamine groups is 1. The van der Waals surface area contributed by atoms with Gasteiger partial charge in [0.2, 0.25) is 0 Å². The standard InChI is InChI=1S/C21H24FN5O5S.C2HF3O2/c1-21(20(29)25-30,33(4,31)32)7-8-27-12-24-17-10-14(16(22)9-15(17)19(27)28)13-5-6-18(23-11-13)26(2)3;3-2(4,5)1(6)7/h5-6,9-12,30H,7-8H2,1-4H3,(H,25,29);(H,6,7). The molecule has 0 aliphatic heterocycles. The summed E-state index contributed by atoms with van der Waals surface area (Å²) >= 11 is 0. The zero-order chi connectivity index (χ0) is 30.6. The average Bonchev–Trinajstić information content (AvgIpc) is 2.86. The number of alkyl halides is 3. The van der Waals surface area contributed by atoms with Crippen LogP contribution < -0.4 is 15.9 Å². The fourth-order valence-electron chi connectivity index (χ4n) is 3.29. The summed E-state index contributed by atoms with van der Waals surface area (Å²) in [5, 5.41) is 16.1. The third kappa shape index (κ3) is 7.09. The van der Waals surface area contributed by atoms with Gasteiger partial charge >= 0.3 is 12.1 Å². The van der Waals surface area contributed by atoms with Crippen LogP contribution in [0.1, 0.15) is 13.3 Å². The van der Waals surface area contributed by atoms with Crippen molar-refractivity contribution in [3.05, 3.63) is 53.0 Å². The third-order valence-electron chi connectivity index (χ3n) is 5.90. The summed E-state index contributed by atoms with van der Waals surface area (Å²) in [4.78, 5) is 44.1. The van der Waals surface area contributed by atoms with E-state index in [1.54, 1.807) is 12.1 Å². The van der Waals surface area contributed by atoms with Gasteiger partial charge in [0.1, 0.15) is 11.6 Å². The number of carboxylic acid groups (broad SMARTS) is 1. The van der Waals surface area contributed by atoms with Crippen molar-refractivity contribution in [2.24, 2.45) is 0 Å². The molecule has 17 heteroatoms. The lowest BCUT2D eigenvalue weighted by atomic mass is 10.0. The van der Waals surface area contributed by atoms with Crippen LogP contribution in [0.4, 0.5) is 23.4 Å². The number of hydrogen-bond donors (Lipinski definition) is 3. The number of aliphatic carboxylic acids is 1. The highest BCUT2D eigenvalue weighted by Crippen LogP contribution is 2.27. The summed E-state index contributed by atoms with van der Waals surface area (Å²) in [5.74, 6) is -3.81. The Labute approximate surface area is 224 Å². The minimum atomic E-state index is -5.08. The second-order valence-electron chi connectivity index (χ2n) is 8.89. The number of carbonyl (C=O) groups excluding carboxylic acids is 1. The normalized spacial score (nSPS) is 13.1. The molecule has 0 bridgehead atoms. The van der Waals surface area contributed by atoms with Gasteiger partial charge in [-0.05, 0) is 37.6 Å². The highest BCUT2D eigenvalue weighted by Gasteiger charge is 2.43. The molecule has 1 aromatic carbocycles. The second-order valence-corrected chi connectivity index (χ2v) is 11.3. The molecule has 0 aliphatic rings. The van der Waals surface area contributed by atoms with Crippen molar-refractivity contribution in [2.45, 2.75) is 30.8 Å². The number of anilines is 1. The molecule has 1 amide bonds. The van der Waals surface area contributed by atoms with Crippen molar-refractivity contribution in [2.75, 3.05) is 25.3 Å². The lowest BCUT2D eigenvalue weighted by Crippen LogP contribution is -2.50. The molecule has 0 aliphatic carbocycles. The zero-order valence-corrected chi connectivity index (χ0v) is 22.3. The van der Waals surface area contributed by atoms with Crippen LogP contribution in [0.15, 0.2) is 41.6 Å². The largest absolute Gasteiger partial charge is 0.490 e. The Hall–Kier alpha value is -4.12. The van der Waals surface area contributed by atoms with Gasteiger partial charge in [0, 0.05) is 44.2 Å². The number of pyridine rings is 1. The predicted octanol–water partition coefficient (Wildman–Crippen LogP) is 2.00. The minimum absolute atomic E-state index is 0.00397. The van der Waals surface area contributed by atoms with Crippen molar-refractivity contribution in [1.82, 2.24) is 20.0 Å². The Morgan fingerprint density at radius 1 is 1.15 bits per heavy atom. The fraction of sp³-hybridized carbons (Fsp3) is 0.348. The van der Waals surface area contributed by atoms with E-state index in [1.165, 1.54) is 24.1 Å². The van der Waals surface area contributed by atoms with Crippen molar-refractivity contribution in [3.63, 3.8) is 0 Å². The van der Waals surface area contributed by atoms with Crippen LogP contribution in [0.2, 0.25) is 0 Å². The molecule has 3 aromatic rings. The second kappa shape index (κ2) is 12.0. The number of carboxylic acids is 1. The first-order valence-electron chi connectivity index (χ1n) is 11.1. The van der Waals surface area contributed by atoms with Crippen LogP contribution in [0.25, 0.3) is 22.0 Å². The quantitative estimate of drug-likeness (QED) is 0.210. The number of amides is 1. The molecule has 0 spiro atoms. The number of nitrogens with one attached hydrogen (secondary N) is 1. The number of carbonyl (C=O) groups is 2. The van der Waals surface area contributed by atoms with Gasteiger partial charge in [0.25, 0.3) is 11.5 Å². The van der Waals surface area contributed by atoms with Gasteiger partial charge in [-0.1, -0.05) is 0 Å². The van der Waals surface area contributed by atoms with Gasteiger partial charge in [-0.3, -0.25) is 19.4 Å². The predicted molar refractivity (Wildman–Crippen MR) is 135 cm³/mol. The molecule has 0 fully saturated rings.